The van der Waals surface area contributed by atoms with Crippen molar-refractivity contribution in [3.63, 3.8) is 0 Å². The van der Waals surface area contributed by atoms with E-state index < -0.39 is 15.8 Å². The molecule has 2 aromatic rings. The summed E-state index contributed by atoms with van der Waals surface area (Å²) in [6, 6.07) is 10.7. The molecule has 0 bridgehead atoms. The first-order chi connectivity index (χ1) is 9.42. The quantitative estimate of drug-likeness (QED) is 0.817. The van der Waals surface area contributed by atoms with Crippen LogP contribution >= 0.6 is 27.7 Å². The molecule has 0 unspecified atom stereocenters. The number of rotatable bonds is 4. The molecule has 0 aliphatic rings. The van der Waals surface area contributed by atoms with Crippen molar-refractivity contribution in [1.82, 2.24) is 0 Å². The number of halogens is 2. The van der Waals surface area contributed by atoms with Gasteiger partial charge in [0.25, 0.3) is 10.0 Å². The van der Waals surface area contributed by atoms with E-state index in [2.05, 4.69) is 20.7 Å². The highest BCUT2D eigenvalue weighted by atomic mass is 79.9. The largest absolute Gasteiger partial charge is 0.280 e. The number of hydrogen-bond donors (Lipinski definition) is 1. The highest BCUT2D eigenvalue weighted by Crippen LogP contribution is 2.23. The highest BCUT2D eigenvalue weighted by Gasteiger charge is 2.16. The average molecular weight is 376 g/mol. The zero-order valence-corrected chi connectivity index (χ0v) is 13.6. The van der Waals surface area contributed by atoms with Gasteiger partial charge in [-0.25, -0.2) is 12.8 Å². The minimum Gasteiger partial charge on any atom is -0.280 e. The van der Waals surface area contributed by atoms with Gasteiger partial charge in [0.2, 0.25) is 0 Å². The highest BCUT2D eigenvalue weighted by molar-refractivity contribution is 9.10. The molecule has 0 radical (unpaired) electrons. The molecule has 20 heavy (non-hydrogen) atoms. The number of hydrogen-bond acceptors (Lipinski definition) is 3. The minimum atomic E-state index is -3.80. The maximum atomic E-state index is 13.4. The Hall–Kier alpha value is -1.05. The van der Waals surface area contributed by atoms with Crippen molar-refractivity contribution in [2.75, 3.05) is 11.0 Å². The Kier molecular flexibility index (Phi) is 4.72. The van der Waals surface area contributed by atoms with Crippen molar-refractivity contribution in [2.45, 2.75) is 9.79 Å². The van der Waals surface area contributed by atoms with Crippen molar-refractivity contribution in [1.29, 1.82) is 0 Å². The molecule has 0 aliphatic carbocycles. The summed E-state index contributed by atoms with van der Waals surface area (Å²) in [5.74, 6) is -0.620. The Morgan fingerprint density at radius 3 is 2.60 bits per heavy atom. The molecule has 2 aromatic carbocycles. The lowest BCUT2D eigenvalue weighted by Gasteiger charge is -2.09. The Labute approximate surface area is 129 Å². The monoisotopic (exact) mass is 375 g/mol. The van der Waals surface area contributed by atoms with Crippen molar-refractivity contribution >= 4 is 43.4 Å². The molecular formula is C13H11BrFNO2S2. The molecule has 1 N–H and O–H groups in total. The molecule has 0 spiro atoms. The molecule has 0 aliphatic heterocycles. The molecule has 0 atom stereocenters. The van der Waals surface area contributed by atoms with Gasteiger partial charge in [0.05, 0.1) is 9.37 Å². The fourth-order valence-electron chi connectivity index (χ4n) is 1.54. The first-order valence-electron chi connectivity index (χ1n) is 5.54. The Morgan fingerprint density at radius 2 is 1.95 bits per heavy atom. The molecule has 7 heteroatoms. The molecule has 2 rings (SSSR count). The number of sulfonamides is 1. The fourth-order valence-corrected chi connectivity index (χ4v) is 3.31. The van der Waals surface area contributed by atoms with Gasteiger partial charge < -0.3 is 0 Å². The predicted molar refractivity (Wildman–Crippen MR) is 83.1 cm³/mol. The van der Waals surface area contributed by atoms with E-state index in [1.807, 2.05) is 12.3 Å². The first-order valence-corrected chi connectivity index (χ1v) is 9.04. The topological polar surface area (TPSA) is 46.2 Å². The van der Waals surface area contributed by atoms with Gasteiger partial charge in [0, 0.05) is 10.6 Å². The SMILES string of the molecule is CSc1cccc(NS(=O)(=O)c2ccc(Br)c(F)c2)c1. The second kappa shape index (κ2) is 6.15. The van der Waals surface area contributed by atoms with Crippen LogP contribution in [0.4, 0.5) is 10.1 Å². The van der Waals surface area contributed by atoms with E-state index >= 15 is 0 Å². The molecule has 3 nitrogen and oxygen atoms in total. The van der Waals surface area contributed by atoms with Crippen LogP contribution in [0.25, 0.3) is 0 Å². The lowest BCUT2D eigenvalue weighted by atomic mass is 10.3. The van der Waals surface area contributed by atoms with Crippen LogP contribution in [0, 0.1) is 5.82 Å². The van der Waals surface area contributed by atoms with Crippen LogP contribution in [0.5, 0.6) is 0 Å². The lowest BCUT2D eigenvalue weighted by molar-refractivity contribution is 0.593. The van der Waals surface area contributed by atoms with Gasteiger partial charge in [-0.15, -0.1) is 11.8 Å². The van der Waals surface area contributed by atoms with Gasteiger partial charge in [-0.05, 0) is 58.6 Å². The fraction of sp³-hybridized carbons (Fsp3) is 0.0769. The van der Waals surface area contributed by atoms with Crippen molar-refractivity contribution in [3.8, 4) is 0 Å². The predicted octanol–water partition coefficient (Wildman–Crippen LogP) is 4.11. The van der Waals surface area contributed by atoms with E-state index in [0.717, 1.165) is 11.0 Å². The van der Waals surface area contributed by atoms with Gasteiger partial charge in [0.15, 0.2) is 0 Å². The first kappa shape index (κ1) is 15.3. The standard InChI is InChI=1S/C13H11BrFNO2S2/c1-19-10-4-2-3-9(7-10)16-20(17,18)11-5-6-12(14)13(15)8-11/h2-8,16H,1H3. The number of nitrogens with one attached hydrogen (secondary N) is 1. The van der Waals surface area contributed by atoms with E-state index in [1.54, 1.807) is 18.2 Å². The summed E-state index contributed by atoms with van der Waals surface area (Å²) >= 11 is 4.50. The zero-order valence-electron chi connectivity index (χ0n) is 10.4. The Bertz CT molecular complexity index is 735. The van der Waals surface area contributed by atoms with E-state index in [9.17, 15) is 12.8 Å². The number of benzene rings is 2. The summed E-state index contributed by atoms with van der Waals surface area (Å²) in [7, 11) is -3.80. The summed E-state index contributed by atoms with van der Waals surface area (Å²) in [6.07, 6.45) is 1.90. The lowest BCUT2D eigenvalue weighted by Crippen LogP contribution is -2.13. The third-order valence-corrected chi connectivity index (χ3v) is 5.27. The Balaban J connectivity index is 2.32. The van der Waals surface area contributed by atoms with Crippen molar-refractivity contribution in [2.24, 2.45) is 0 Å². The van der Waals surface area contributed by atoms with Gasteiger partial charge >= 0.3 is 0 Å². The van der Waals surface area contributed by atoms with E-state index in [0.29, 0.717) is 5.69 Å². The second-order valence-electron chi connectivity index (χ2n) is 3.91. The summed E-state index contributed by atoms with van der Waals surface area (Å²) < 4.78 is 40.4. The van der Waals surface area contributed by atoms with Crippen LogP contribution in [0.1, 0.15) is 0 Å². The maximum absolute atomic E-state index is 13.4. The number of thioether (sulfide) groups is 1. The van der Waals surface area contributed by atoms with Gasteiger partial charge in [0.1, 0.15) is 5.82 Å². The third kappa shape index (κ3) is 3.53. The van der Waals surface area contributed by atoms with Crippen LogP contribution in [-0.2, 0) is 10.0 Å². The molecule has 0 saturated carbocycles. The molecule has 0 fully saturated rings. The van der Waals surface area contributed by atoms with Crippen LogP contribution in [0.2, 0.25) is 0 Å². The van der Waals surface area contributed by atoms with E-state index in [-0.39, 0.29) is 9.37 Å². The maximum Gasteiger partial charge on any atom is 0.261 e. The van der Waals surface area contributed by atoms with Gasteiger partial charge in [-0.2, -0.15) is 0 Å². The van der Waals surface area contributed by atoms with Crippen molar-refractivity contribution < 1.29 is 12.8 Å². The summed E-state index contributed by atoms with van der Waals surface area (Å²) in [5, 5.41) is 0. The Morgan fingerprint density at radius 1 is 1.20 bits per heavy atom. The van der Waals surface area contributed by atoms with Gasteiger partial charge in [-0.3, -0.25) is 4.72 Å². The summed E-state index contributed by atoms with van der Waals surface area (Å²) in [6.45, 7) is 0. The molecule has 0 aromatic heterocycles. The normalized spacial score (nSPS) is 11.3. The van der Waals surface area contributed by atoms with Crippen molar-refractivity contribution in [3.05, 3.63) is 52.8 Å². The summed E-state index contributed by atoms with van der Waals surface area (Å²) in [4.78, 5) is 0.819. The van der Waals surface area contributed by atoms with Gasteiger partial charge in [-0.1, -0.05) is 6.07 Å². The average Bonchev–Trinajstić information content (AvgIpc) is 2.41. The molecule has 106 valence electrons. The molecule has 0 heterocycles. The van der Waals surface area contributed by atoms with Crippen LogP contribution in [-0.4, -0.2) is 14.7 Å². The van der Waals surface area contributed by atoms with E-state index in [1.165, 1.54) is 23.9 Å². The molecular weight excluding hydrogens is 365 g/mol. The van der Waals surface area contributed by atoms with E-state index in [4.69, 9.17) is 0 Å². The number of anilines is 1. The molecule has 0 saturated heterocycles. The second-order valence-corrected chi connectivity index (χ2v) is 7.33. The molecule has 0 amide bonds. The zero-order chi connectivity index (χ0) is 14.8. The minimum absolute atomic E-state index is 0.118. The third-order valence-electron chi connectivity index (χ3n) is 2.52. The van der Waals surface area contributed by atoms with Crippen LogP contribution in [0.3, 0.4) is 0 Å². The summed E-state index contributed by atoms with van der Waals surface area (Å²) in [5.41, 5.74) is 0.445. The smallest absolute Gasteiger partial charge is 0.261 e. The van der Waals surface area contributed by atoms with Crippen LogP contribution in [0.15, 0.2) is 56.7 Å². The van der Waals surface area contributed by atoms with Crippen LogP contribution < -0.4 is 4.72 Å².